The number of carbonyl (C=O) groups excluding carboxylic acids is 1. The highest BCUT2D eigenvalue weighted by Crippen LogP contribution is 2.34. The fraction of sp³-hybridized carbons (Fsp3) is 0.100. The highest BCUT2D eigenvalue weighted by molar-refractivity contribution is 9.11. The fourth-order valence-electron chi connectivity index (χ4n) is 2.42. The first-order valence-corrected chi connectivity index (χ1v) is 10.6. The summed E-state index contributed by atoms with van der Waals surface area (Å²) < 4.78 is 12.7. The highest BCUT2D eigenvalue weighted by Gasteiger charge is 2.11. The Morgan fingerprint density at radius 2 is 1.90 bits per heavy atom. The lowest BCUT2D eigenvalue weighted by atomic mass is 10.2. The molecule has 1 N–H and O–H groups in total. The van der Waals surface area contributed by atoms with Crippen molar-refractivity contribution in [1.82, 2.24) is 5.43 Å². The van der Waals surface area contributed by atoms with Gasteiger partial charge in [-0.2, -0.15) is 5.10 Å². The Balaban J connectivity index is 1.56. The van der Waals surface area contributed by atoms with Crippen molar-refractivity contribution in [2.45, 2.75) is 6.92 Å². The van der Waals surface area contributed by atoms with Gasteiger partial charge in [-0.3, -0.25) is 4.79 Å². The van der Waals surface area contributed by atoms with Crippen molar-refractivity contribution in [1.29, 1.82) is 0 Å². The Morgan fingerprint density at radius 3 is 2.59 bits per heavy atom. The summed E-state index contributed by atoms with van der Waals surface area (Å²) in [6.45, 7) is 1.77. The molecule has 29 heavy (non-hydrogen) atoms. The van der Waals surface area contributed by atoms with Crippen LogP contribution < -0.4 is 10.2 Å². The van der Waals surface area contributed by atoms with Crippen LogP contribution in [0.5, 0.6) is 5.75 Å². The van der Waals surface area contributed by atoms with Gasteiger partial charge < -0.3 is 9.15 Å². The van der Waals surface area contributed by atoms with E-state index in [9.17, 15) is 4.79 Å². The number of nitrogens with zero attached hydrogens (tertiary/aromatic N) is 1. The van der Waals surface area contributed by atoms with E-state index >= 15 is 0 Å². The molecule has 1 aromatic heterocycles. The predicted octanol–water partition coefficient (Wildman–Crippen LogP) is 6.62. The normalized spacial score (nSPS) is 11.1. The average molecular weight is 561 g/mol. The number of benzene rings is 2. The molecular formula is C20H14Br2Cl2N2O3. The van der Waals surface area contributed by atoms with Gasteiger partial charge in [0.15, 0.2) is 6.61 Å². The van der Waals surface area contributed by atoms with E-state index in [-0.39, 0.29) is 6.61 Å². The number of furan rings is 1. The van der Waals surface area contributed by atoms with Gasteiger partial charge in [-0.15, -0.1) is 0 Å². The molecule has 2 aromatic carbocycles. The van der Waals surface area contributed by atoms with Crippen LogP contribution in [0.15, 0.2) is 60.9 Å². The summed E-state index contributed by atoms with van der Waals surface area (Å²) in [5.41, 5.74) is 4.16. The Labute approximate surface area is 194 Å². The molecule has 0 aliphatic carbocycles. The van der Waals surface area contributed by atoms with E-state index in [0.29, 0.717) is 32.9 Å². The second kappa shape index (κ2) is 9.80. The minimum Gasteiger partial charge on any atom is -0.481 e. The van der Waals surface area contributed by atoms with Crippen molar-refractivity contribution in [3.63, 3.8) is 0 Å². The minimum absolute atomic E-state index is 0.193. The first kappa shape index (κ1) is 21.9. The fourth-order valence-corrected chi connectivity index (χ4v) is 4.56. The molecule has 0 saturated heterocycles. The van der Waals surface area contributed by atoms with Gasteiger partial charge in [0, 0.05) is 10.6 Å². The molecule has 0 bridgehead atoms. The van der Waals surface area contributed by atoms with Crippen LogP contribution >= 0.6 is 55.1 Å². The summed E-state index contributed by atoms with van der Waals surface area (Å²) in [6, 6.07) is 12.4. The standard InChI is InChI=1S/C20H14Br2Cl2N2O3/c1-11-6-15(21)20(16(22)7-11)28-10-19(27)26-25-9-13-3-5-18(29-13)14-4-2-12(23)8-17(14)24/h2-9H,10H2,1H3,(H,26,27)/b25-9+. The van der Waals surface area contributed by atoms with Crippen LogP contribution in [0.4, 0.5) is 0 Å². The summed E-state index contributed by atoms with van der Waals surface area (Å²) in [5, 5.41) is 4.90. The van der Waals surface area contributed by atoms with Crippen LogP contribution in [0.3, 0.4) is 0 Å². The lowest BCUT2D eigenvalue weighted by molar-refractivity contribution is -0.123. The lowest BCUT2D eigenvalue weighted by Gasteiger charge is -2.10. The van der Waals surface area contributed by atoms with Crippen LogP contribution in [0.25, 0.3) is 11.3 Å². The zero-order valence-corrected chi connectivity index (χ0v) is 19.7. The molecule has 3 aromatic rings. The molecule has 3 rings (SSSR count). The molecule has 0 radical (unpaired) electrons. The highest BCUT2D eigenvalue weighted by atomic mass is 79.9. The van der Waals surface area contributed by atoms with Crippen molar-refractivity contribution in [2.75, 3.05) is 6.61 Å². The number of carbonyl (C=O) groups is 1. The van der Waals surface area contributed by atoms with Gasteiger partial charge in [0.05, 0.1) is 20.2 Å². The van der Waals surface area contributed by atoms with Gasteiger partial charge in [0.2, 0.25) is 0 Å². The summed E-state index contributed by atoms with van der Waals surface area (Å²) >= 11 is 18.9. The number of aryl methyl sites for hydroxylation is 1. The van der Waals surface area contributed by atoms with Crippen LogP contribution in [0.1, 0.15) is 11.3 Å². The van der Waals surface area contributed by atoms with E-state index in [1.807, 2.05) is 19.1 Å². The number of rotatable bonds is 6. The van der Waals surface area contributed by atoms with Gasteiger partial charge in [-0.25, -0.2) is 5.43 Å². The molecule has 1 amide bonds. The third-order valence-corrected chi connectivity index (χ3v) is 5.42. The number of hydrogen-bond donors (Lipinski definition) is 1. The Bertz CT molecular complexity index is 1060. The van der Waals surface area contributed by atoms with E-state index in [1.54, 1.807) is 30.3 Å². The smallest absolute Gasteiger partial charge is 0.277 e. The molecule has 0 saturated carbocycles. The third-order valence-electron chi connectivity index (χ3n) is 3.69. The number of hydrogen-bond acceptors (Lipinski definition) is 4. The summed E-state index contributed by atoms with van der Waals surface area (Å²) in [7, 11) is 0. The maximum absolute atomic E-state index is 12.0. The number of hydrazone groups is 1. The van der Waals surface area contributed by atoms with Gasteiger partial charge in [0.1, 0.15) is 17.3 Å². The molecule has 5 nitrogen and oxygen atoms in total. The number of halogens is 4. The van der Waals surface area contributed by atoms with Crippen LogP contribution in [-0.2, 0) is 4.79 Å². The molecule has 150 valence electrons. The number of ether oxygens (including phenoxy) is 1. The van der Waals surface area contributed by atoms with Crippen molar-refractivity contribution in [3.8, 4) is 17.1 Å². The van der Waals surface area contributed by atoms with Crippen molar-refractivity contribution < 1.29 is 13.9 Å². The first-order chi connectivity index (χ1) is 13.8. The second-order valence-electron chi connectivity index (χ2n) is 5.97. The van der Waals surface area contributed by atoms with Gasteiger partial charge in [-0.1, -0.05) is 23.2 Å². The topological polar surface area (TPSA) is 63.8 Å². The van der Waals surface area contributed by atoms with Crippen LogP contribution in [0, 0.1) is 6.92 Å². The van der Waals surface area contributed by atoms with E-state index in [2.05, 4.69) is 42.4 Å². The molecular weight excluding hydrogens is 547 g/mol. The molecule has 0 unspecified atom stereocenters. The molecule has 0 aliphatic heterocycles. The zero-order valence-electron chi connectivity index (χ0n) is 15.0. The summed E-state index contributed by atoms with van der Waals surface area (Å²) in [6.07, 6.45) is 1.39. The lowest BCUT2D eigenvalue weighted by Crippen LogP contribution is -2.24. The molecule has 0 fully saturated rings. The minimum atomic E-state index is -0.409. The monoisotopic (exact) mass is 558 g/mol. The van der Waals surface area contributed by atoms with E-state index in [0.717, 1.165) is 14.5 Å². The summed E-state index contributed by atoms with van der Waals surface area (Å²) in [5.74, 6) is 1.16. The quantitative estimate of drug-likeness (QED) is 0.272. The molecule has 0 aliphatic rings. The molecule has 1 heterocycles. The van der Waals surface area contributed by atoms with E-state index in [4.69, 9.17) is 32.4 Å². The Hall–Kier alpha value is -1.80. The SMILES string of the molecule is Cc1cc(Br)c(OCC(=O)N/N=C/c2ccc(-c3ccc(Cl)cc3Cl)o2)c(Br)c1. The van der Waals surface area contributed by atoms with Gasteiger partial charge in [-0.05, 0) is 86.8 Å². The molecule has 0 spiro atoms. The average Bonchev–Trinajstić information content (AvgIpc) is 3.09. The van der Waals surface area contributed by atoms with E-state index in [1.165, 1.54) is 6.21 Å². The second-order valence-corrected chi connectivity index (χ2v) is 8.52. The Morgan fingerprint density at radius 1 is 1.17 bits per heavy atom. The van der Waals surface area contributed by atoms with E-state index < -0.39 is 5.91 Å². The zero-order chi connectivity index (χ0) is 21.0. The van der Waals surface area contributed by atoms with Crippen molar-refractivity contribution in [2.24, 2.45) is 5.10 Å². The van der Waals surface area contributed by atoms with Crippen molar-refractivity contribution >= 4 is 67.2 Å². The predicted molar refractivity (Wildman–Crippen MR) is 122 cm³/mol. The first-order valence-electron chi connectivity index (χ1n) is 8.29. The van der Waals surface area contributed by atoms with Crippen molar-refractivity contribution in [3.05, 3.63) is 72.8 Å². The number of nitrogens with one attached hydrogen (secondary N) is 1. The summed E-state index contributed by atoms with van der Waals surface area (Å²) in [4.78, 5) is 12.0. The van der Waals surface area contributed by atoms with Gasteiger partial charge >= 0.3 is 0 Å². The molecule has 9 heteroatoms. The largest absolute Gasteiger partial charge is 0.481 e. The Kier molecular flexibility index (Phi) is 7.40. The van der Waals surface area contributed by atoms with Gasteiger partial charge in [0.25, 0.3) is 5.91 Å². The van der Waals surface area contributed by atoms with Crippen LogP contribution in [-0.4, -0.2) is 18.7 Å². The maximum atomic E-state index is 12.0. The van der Waals surface area contributed by atoms with Crippen LogP contribution in [0.2, 0.25) is 10.0 Å². The maximum Gasteiger partial charge on any atom is 0.277 e. The number of amides is 1. The molecule has 0 atom stereocenters. The third kappa shape index (κ3) is 5.85.